The molecule has 1 aromatic heterocycles. The molecule has 1 heterocycles. The Labute approximate surface area is 123 Å². The maximum Gasteiger partial charge on any atom is 0.0931 e. The third-order valence-corrected chi connectivity index (χ3v) is 4.22. The molecule has 2 aromatic rings. The zero-order valence-electron chi connectivity index (χ0n) is 10.9. The molecule has 0 aliphatic rings. The van der Waals surface area contributed by atoms with Gasteiger partial charge in [-0.1, -0.05) is 41.9 Å². The van der Waals surface area contributed by atoms with Crippen LogP contribution in [0.4, 0.5) is 0 Å². The van der Waals surface area contributed by atoms with Crippen molar-refractivity contribution in [3.05, 3.63) is 57.2 Å². The van der Waals surface area contributed by atoms with E-state index in [1.165, 1.54) is 10.4 Å². The Morgan fingerprint density at radius 3 is 2.63 bits per heavy atom. The fourth-order valence-corrected chi connectivity index (χ4v) is 3.07. The van der Waals surface area contributed by atoms with Crippen molar-refractivity contribution in [2.75, 3.05) is 20.3 Å². The highest BCUT2D eigenvalue weighted by molar-refractivity contribution is 7.16. The molecule has 1 aromatic carbocycles. The number of ether oxygens (including phenoxy) is 1. The third kappa shape index (κ3) is 4.62. The number of hydrogen-bond acceptors (Lipinski definition) is 3. The van der Waals surface area contributed by atoms with Crippen molar-refractivity contribution in [1.29, 1.82) is 0 Å². The van der Waals surface area contributed by atoms with E-state index in [4.69, 9.17) is 16.3 Å². The van der Waals surface area contributed by atoms with Gasteiger partial charge in [0.2, 0.25) is 0 Å². The summed E-state index contributed by atoms with van der Waals surface area (Å²) >= 11 is 7.57. The summed E-state index contributed by atoms with van der Waals surface area (Å²) in [7, 11) is 1.73. The molecule has 2 nitrogen and oxygen atoms in total. The Kier molecular flexibility index (Phi) is 5.86. The zero-order chi connectivity index (χ0) is 13.5. The minimum absolute atomic E-state index is 0.238. The number of nitrogens with one attached hydrogen (secondary N) is 1. The molecule has 1 unspecified atom stereocenters. The number of thiophene rings is 1. The number of rotatable bonds is 7. The first-order chi connectivity index (χ1) is 9.29. The molecule has 1 atom stereocenters. The first-order valence-corrected chi connectivity index (χ1v) is 7.50. The van der Waals surface area contributed by atoms with Gasteiger partial charge in [0.15, 0.2) is 0 Å². The normalized spacial score (nSPS) is 12.5. The van der Waals surface area contributed by atoms with Crippen LogP contribution in [0.1, 0.15) is 16.5 Å². The first-order valence-electron chi connectivity index (χ1n) is 6.31. The van der Waals surface area contributed by atoms with Gasteiger partial charge in [-0.15, -0.1) is 11.3 Å². The maximum atomic E-state index is 5.93. The number of halogens is 1. The molecule has 102 valence electrons. The van der Waals surface area contributed by atoms with Crippen LogP contribution in [0.5, 0.6) is 0 Å². The zero-order valence-corrected chi connectivity index (χ0v) is 12.5. The van der Waals surface area contributed by atoms with Crippen LogP contribution < -0.4 is 5.32 Å². The van der Waals surface area contributed by atoms with Crippen LogP contribution >= 0.6 is 22.9 Å². The Hall–Kier alpha value is -0.870. The molecule has 0 radical (unpaired) electrons. The van der Waals surface area contributed by atoms with Crippen LogP contribution in [-0.2, 0) is 11.2 Å². The average Bonchev–Trinajstić information content (AvgIpc) is 2.84. The number of benzene rings is 1. The maximum absolute atomic E-state index is 5.93. The summed E-state index contributed by atoms with van der Waals surface area (Å²) in [6.07, 6.45) is 0.991. The predicted molar refractivity (Wildman–Crippen MR) is 82.1 cm³/mol. The molecule has 0 saturated carbocycles. The second-order valence-corrected chi connectivity index (χ2v) is 6.13. The van der Waals surface area contributed by atoms with E-state index in [9.17, 15) is 0 Å². The molecule has 19 heavy (non-hydrogen) atoms. The highest BCUT2D eigenvalue weighted by Crippen LogP contribution is 2.21. The predicted octanol–water partition coefficient (Wildman–Crippen LogP) is 3.92. The highest BCUT2D eigenvalue weighted by atomic mass is 35.5. The van der Waals surface area contributed by atoms with Gasteiger partial charge in [-0.05, 0) is 24.1 Å². The van der Waals surface area contributed by atoms with Crippen molar-refractivity contribution in [2.45, 2.75) is 12.5 Å². The summed E-state index contributed by atoms with van der Waals surface area (Å²) in [6.45, 7) is 1.59. The summed E-state index contributed by atoms with van der Waals surface area (Å²) < 4.78 is 6.14. The monoisotopic (exact) mass is 295 g/mol. The quantitative estimate of drug-likeness (QED) is 0.836. The highest BCUT2D eigenvalue weighted by Gasteiger charge is 2.10. The van der Waals surface area contributed by atoms with Gasteiger partial charge in [0.1, 0.15) is 0 Å². The van der Waals surface area contributed by atoms with E-state index in [0.29, 0.717) is 6.61 Å². The lowest BCUT2D eigenvalue weighted by Crippen LogP contribution is -2.27. The van der Waals surface area contributed by atoms with E-state index in [1.54, 1.807) is 18.4 Å². The minimum Gasteiger partial charge on any atom is -0.383 e. The van der Waals surface area contributed by atoms with Crippen molar-refractivity contribution >= 4 is 22.9 Å². The van der Waals surface area contributed by atoms with E-state index in [0.717, 1.165) is 17.3 Å². The van der Waals surface area contributed by atoms with Gasteiger partial charge in [0.05, 0.1) is 17.0 Å². The Morgan fingerprint density at radius 2 is 2.00 bits per heavy atom. The topological polar surface area (TPSA) is 21.3 Å². The second kappa shape index (κ2) is 7.65. The summed E-state index contributed by atoms with van der Waals surface area (Å²) in [4.78, 5) is 1.31. The number of hydrogen-bond donors (Lipinski definition) is 1. The summed E-state index contributed by atoms with van der Waals surface area (Å²) in [5.41, 5.74) is 1.26. The van der Waals surface area contributed by atoms with E-state index >= 15 is 0 Å². The SMILES string of the molecule is COCC(NCCc1ccc(Cl)s1)c1ccccc1. The lowest BCUT2D eigenvalue weighted by molar-refractivity contribution is 0.167. The molecule has 1 N–H and O–H groups in total. The van der Waals surface area contributed by atoms with Crippen molar-refractivity contribution in [2.24, 2.45) is 0 Å². The minimum atomic E-state index is 0.238. The van der Waals surface area contributed by atoms with Crippen LogP contribution in [0.15, 0.2) is 42.5 Å². The molecule has 2 rings (SSSR count). The fourth-order valence-electron chi connectivity index (χ4n) is 1.98. The van der Waals surface area contributed by atoms with Gasteiger partial charge >= 0.3 is 0 Å². The Balaban J connectivity index is 1.87. The standard InChI is InChI=1S/C15H18ClNOS/c1-18-11-14(12-5-3-2-4-6-12)17-10-9-13-7-8-15(16)19-13/h2-8,14,17H,9-11H2,1H3. The van der Waals surface area contributed by atoms with Crippen LogP contribution in [0.25, 0.3) is 0 Å². The van der Waals surface area contributed by atoms with Gasteiger partial charge in [0.25, 0.3) is 0 Å². The van der Waals surface area contributed by atoms with Crippen LogP contribution in [0.3, 0.4) is 0 Å². The van der Waals surface area contributed by atoms with Gasteiger partial charge in [0, 0.05) is 18.5 Å². The molecule has 0 aliphatic heterocycles. The second-order valence-electron chi connectivity index (χ2n) is 4.33. The van der Waals surface area contributed by atoms with Crippen LogP contribution in [0.2, 0.25) is 4.34 Å². The van der Waals surface area contributed by atoms with Crippen molar-refractivity contribution in [3.63, 3.8) is 0 Å². The molecular formula is C15H18ClNOS. The first kappa shape index (κ1) is 14.5. The van der Waals surface area contributed by atoms with Gasteiger partial charge in [-0.2, -0.15) is 0 Å². The molecule has 4 heteroatoms. The van der Waals surface area contributed by atoms with Crippen molar-refractivity contribution < 1.29 is 4.74 Å². The van der Waals surface area contributed by atoms with E-state index in [2.05, 4.69) is 35.6 Å². The molecule has 0 amide bonds. The largest absolute Gasteiger partial charge is 0.383 e. The molecule has 0 spiro atoms. The molecular weight excluding hydrogens is 278 g/mol. The Bertz CT molecular complexity index is 486. The lowest BCUT2D eigenvalue weighted by atomic mass is 10.1. The Morgan fingerprint density at radius 1 is 1.21 bits per heavy atom. The molecule has 0 aliphatic carbocycles. The molecule has 0 saturated heterocycles. The van der Waals surface area contributed by atoms with Crippen molar-refractivity contribution in [1.82, 2.24) is 5.32 Å². The smallest absolute Gasteiger partial charge is 0.0931 e. The van der Waals surface area contributed by atoms with Crippen LogP contribution in [0, 0.1) is 0 Å². The number of methoxy groups -OCH3 is 1. The molecule has 0 fully saturated rings. The van der Waals surface area contributed by atoms with Gasteiger partial charge in [-0.3, -0.25) is 0 Å². The summed E-state index contributed by atoms with van der Waals surface area (Å²) in [5.74, 6) is 0. The molecule has 0 bridgehead atoms. The van der Waals surface area contributed by atoms with E-state index < -0.39 is 0 Å². The summed E-state index contributed by atoms with van der Waals surface area (Å²) in [6, 6.07) is 14.7. The van der Waals surface area contributed by atoms with Gasteiger partial charge < -0.3 is 10.1 Å². The van der Waals surface area contributed by atoms with Gasteiger partial charge in [-0.25, -0.2) is 0 Å². The van der Waals surface area contributed by atoms with E-state index in [1.807, 2.05) is 12.1 Å². The van der Waals surface area contributed by atoms with Crippen molar-refractivity contribution in [3.8, 4) is 0 Å². The van der Waals surface area contributed by atoms with E-state index in [-0.39, 0.29) is 6.04 Å². The third-order valence-electron chi connectivity index (χ3n) is 2.93. The fraction of sp³-hybridized carbons (Fsp3) is 0.333. The summed E-state index contributed by atoms with van der Waals surface area (Å²) in [5, 5.41) is 3.53. The van der Waals surface area contributed by atoms with Crippen LogP contribution in [-0.4, -0.2) is 20.3 Å². The average molecular weight is 296 g/mol. The lowest BCUT2D eigenvalue weighted by Gasteiger charge is -2.18.